The Morgan fingerprint density at radius 2 is 2.04 bits per heavy atom. The molecule has 0 aliphatic rings. The maximum Gasteiger partial charge on any atom is 0.261 e. The Hall–Kier alpha value is -2.41. The van der Waals surface area contributed by atoms with E-state index in [4.69, 9.17) is 0 Å². The minimum absolute atomic E-state index is 0.106. The summed E-state index contributed by atoms with van der Waals surface area (Å²) in [6.07, 6.45) is 1.97. The molecule has 0 saturated heterocycles. The van der Waals surface area contributed by atoms with E-state index >= 15 is 0 Å². The van der Waals surface area contributed by atoms with Gasteiger partial charge in [0.05, 0.1) is 4.88 Å². The lowest BCUT2D eigenvalue weighted by Crippen LogP contribution is -2.30. The third-order valence-corrected chi connectivity index (χ3v) is 4.02. The number of carbonyl (C=O) groups is 2. The SMILES string of the molecule is CN(C)c1ncccc1CNC(=O)CCNC(=O)c1cccs1. The number of nitrogens with zero attached hydrogens (tertiary/aromatic N) is 2. The smallest absolute Gasteiger partial charge is 0.261 e. The van der Waals surface area contributed by atoms with E-state index in [1.807, 2.05) is 42.6 Å². The van der Waals surface area contributed by atoms with Crippen molar-refractivity contribution in [3.05, 3.63) is 46.3 Å². The van der Waals surface area contributed by atoms with Crippen LogP contribution in [0.15, 0.2) is 35.8 Å². The highest BCUT2D eigenvalue weighted by atomic mass is 32.1. The average molecular weight is 332 g/mol. The molecular formula is C16H20N4O2S. The van der Waals surface area contributed by atoms with Crippen LogP contribution in [0, 0.1) is 0 Å². The summed E-state index contributed by atoms with van der Waals surface area (Å²) in [7, 11) is 3.82. The van der Waals surface area contributed by atoms with Crippen molar-refractivity contribution < 1.29 is 9.59 Å². The van der Waals surface area contributed by atoms with Crippen LogP contribution < -0.4 is 15.5 Å². The average Bonchev–Trinajstić information content (AvgIpc) is 3.07. The summed E-state index contributed by atoms with van der Waals surface area (Å²) in [5, 5.41) is 7.43. The van der Waals surface area contributed by atoms with Crippen molar-refractivity contribution in [2.75, 3.05) is 25.5 Å². The van der Waals surface area contributed by atoms with Crippen LogP contribution in [0.25, 0.3) is 0 Å². The first-order valence-corrected chi connectivity index (χ1v) is 8.15. The van der Waals surface area contributed by atoms with Gasteiger partial charge in [0, 0.05) is 45.4 Å². The van der Waals surface area contributed by atoms with Crippen LogP contribution >= 0.6 is 11.3 Å². The Bertz CT molecular complexity index is 656. The van der Waals surface area contributed by atoms with Gasteiger partial charge in [0.2, 0.25) is 5.91 Å². The first kappa shape index (κ1) is 17.0. The predicted octanol–water partition coefficient (Wildman–Crippen LogP) is 1.65. The molecule has 0 spiro atoms. The van der Waals surface area contributed by atoms with Crippen molar-refractivity contribution >= 4 is 29.0 Å². The lowest BCUT2D eigenvalue weighted by Gasteiger charge is -2.16. The van der Waals surface area contributed by atoms with Gasteiger partial charge >= 0.3 is 0 Å². The standard InChI is InChI=1S/C16H20N4O2S/c1-20(2)15-12(5-3-8-17-15)11-19-14(21)7-9-18-16(22)13-6-4-10-23-13/h3-6,8,10H,7,9,11H2,1-2H3,(H,18,22)(H,19,21). The third kappa shape index (κ3) is 5.07. The largest absolute Gasteiger partial charge is 0.362 e. The van der Waals surface area contributed by atoms with Crippen LogP contribution in [0.2, 0.25) is 0 Å². The van der Waals surface area contributed by atoms with Crippen LogP contribution in [0.3, 0.4) is 0 Å². The molecule has 0 aliphatic heterocycles. The molecule has 0 aromatic carbocycles. The molecule has 2 aromatic rings. The Morgan fingerprint density at radius 3 is 2.74 bits per heavy atom. The molecule has 2 heterocycles. The minimum Gasteiger partial charge on any atom is -0.362 e. The molecule has 0 atom stereocenters. The van der Waals surface area contributed by atoms with Crippen LogP contribution in [0.4, 0.5) is 5.82 Å². The zero-order valence-corrected chi connectivity index (χ0v) is 14.0. The highest BCUT2D eigenvalue weighted by Gasteiger charge is 2.09. The Kier molecular flexibility index (Phi) is 6.10. The monoisotopic (exact) mass is 332 g/mol. The van der Waals surface area contributed by atoms with E-state index in [2.05, 4.69) is 15.6 Å². The van der Waals surface area contributed by atoms with Gasteiger partial charge in [-0.3, -0.25) is 9.59 Å². The molecule has 2 amide bonds. The number of anilines is 1. The number of hydrogen-bond acceptors (Lipinski definition) is 5. The van der Waals surface area contributed by atoms with Gasteiger partial charge in [0.1, 0.15) is 5.82 Å². The Balaban J connectivity index is 1.74. The van der Waals surface area contributed by atoms with Gasteiger partial charge in [-0.1, -0.05) is 12.1 Å². The van der Waals surface area contributed by atoms with Crippen molar-refractivity contribution in [2.24, 2.45) is 0 Å². The van der Waals surface area contributed by atoms with E-state index < -0.39 is 0 Å². The summed E-state index contributed by atoms with van der Waals surface area (Å²) in [4.78, 5) is 30.5. The van der Waals surface area contributed by atoms with Crippen LogP contribution in [-0.2, 0) is 11.3 Å². The van der Waals surface area contributed by atoms with Crippen molar-refractivity contribution in [1.82, 2.24) is 15.6 Å². The lowest BCUT2D eigenvalue weighted by atomic mass is 10.2. The number of pyridine rings is 1. The van der Waals surface area contributed by atoms with Gasteiger partial charge in [-0.05, 0) is 17.5 Å². The second-order valence-corrected chi connectivity index (χ2v) is 6.09. The summed E-state index contributed by atoms with van der Waals surface area (Å²) < 4.78 is 0. The van der Waals surface area contributed by atoms with Crippen molar-refractivity contribution in [3.8, 4) is 0 Å². The zero-order chi connectivity index (χ0) is 16.7. The first-order chi connectivity index (χ1) is 11.1. The number of aromatic nitrogens is 1. The highest BCUT2D eigenvalue weighted by molar-refractivity contribution is 7.12. The molecule has 0 saturated carbocycles. The van der Waals surface area contributed by atoms with E-state index in [0.717, 1.165) is 11.4 Å². The van der Waals surface area contributed by atoms with E-state index in [-0.39, 0.29) is 18.2 Å². The number of nitrogens with one attached hydrogen (secondary N) is 2. The predicted molar refractivity (Wildman–Crippen MR) is 91.7 cm³/mol. The fourth-order valence-electron chi connectivity index (χ4n) is 2.04. The van der Waals surface area contributed by atoms with Gasteiger partial charge in [-0.15, -0.1) is 11.3 Å². The van der Waals surface area contributed by atoms with E-state index in [0.29, 0.717) is 18.0 Å². The van der Waals surface area contributed by atoms with Gasteiger partial charge in [-0.2, -0.15) is 0 Å². The molecule has 2 N–H and O–H groups in total. The molecule has 23 heavy (non-hydrogen) atoms. The molecule has 0 fully saturated rings. The Labute approximate surface area is 139 Å². The normalized spacial score (nSPS) is 10.2. The molecular weight excluding hydrogens is 312 g/mol. The van der Waals surface area contributed by atoms with Crippen LogP contribution in [-0.4, -0.2) is 37.4 Å². The number of carbonyl (C=O) groups excluding carboxylic acids is 2. The van der Waals surface area contributed by atoms with Crippen molar-refractivity contribution in [1.29, 1.82) is 0 Å². The van der Waals surface area contributed by atoms with E-state index in [1.54, 1.807) is 12.3 Å². The summed E-state index contributed by atoms with van der Waals surface area (Å²) in [6, 6.07) is 7.35. The van der Waals surface area contributed by atoms with Crippen LogP contribution in [0.1, 0.15) is 21.7 Å². The van der Waals surface area contributed by atoms with Crippen molar-refractivity contribution in [3.63, 3.8) is 0 Å². The fourth-order valence-corrected chi connectivity index (χ4v) is 2.68. The summed E-state index contributed by atoms with van der Waals surface area (Å²) >= 11 is 1.38. The molecule has 0 radical (unpaired) electrons. The molecule has 0 unspecified atom stereocenters. The summed E-state index contributed by atoms with van der Waals surface area (Å²) in [6.45, 7) is 0.731. The number of amides is 2. The van der Waals surface area contributed by atoms with E-state index in [1.165, 1.54) is 11.3 Å². The quantitative estimate of drug-likeness (QED) is 0.808. The molecule has 0 aliphatic carbocycles. The molecule has 122 valence electrons. The zero-order valence-electron chi connectivity index (χ0n) is 13.2. The maximum absolute atomic E-state index is 11.9. The first-order valence-electron chi connectivity index (χ1n) is 7.27. The minimum atomic E-state index is -0.144. The molecule has 2 aromatic heterocycles. The number of thiophene rings is 1. The molecule has 7 heteroatoms. The second kappa shape index (κ2) is 8.28. The Morgan fingerprint density at radius 1 is 1.22 bits per heavy atom. The van der Waals surface area contributed by atoms with Gasteiger partial charge in [0.25, 0.3) is 5.91 Å². The topological polar surface area (TPSA) is 74.3 Å². The molecule has 2 rings (SSSR count). The fraction of sp³-hybridized carbons (Fsp3) is 0.312. The third-order valence-electron chi connectivity index (χ3n) is 3.15. The molecule has 0 bridgehead atoms. The highest BCUT2D eigenvalue weighted by Crippen LogP contribution is 2.13. The number of hydrogen-bond donors (Lipinski definition) is 2. The van der Waals surface area contributed by atoms with Gasteiger partial charge in [0.15, 0.2) is 0 Å². The second-order valence-electron chi connectivity index (χ2n) is 5.14. The van der Waals surface area contributed by atoms with Gasteiger partial charge in [-0.25, -0.2) is 4.98 Å². The van der Waals surface area contributed by atoms with E-state index in [9.17, 15) is 9.59 Å². The van der Waals surface area contributed by atoms with Crippen molar-refractivity contribution in [2.45, 2.75) is 13.0 Å². The molecule has 6 nitrogen and oxygen atoms in total. The number of rotatable bonds is 7. The lowest BCUT2D eigenvalue weighted by molar-refractivity contribution is -0.121. The summed E-state index contributed by atoms with van der Waals surface area (Å²) in [5.41, 5.74) is 0.952. The van der Waals surface area contributed by atoms with Crippen LogP contribution in [0.5, 0.6) is 0 Å². The van der Waals surface area contributed by atoms with Gasteiger partial charge < -0.3 is 15.5 Å². The summed E-state index contributed by atoms with van der Waals surface area (Å²) in [5.74, 6) is 0.582. The maximum atomic E-state index is 11.9.